The molecule has 7 heteroatoms. The van der Waals surface area contributed by atoms with Gasteiger partial charge in [0.15, 0.2) is 0 Å². The molecule has 5 nitrogen and oxygen atoms in total. The van der Waals surface area contributed by atoms with Crippen molar-refractivity contribution in [1.29, 1.82) is 0 Å². The number of esters is 1. The summed E-state index contributed by atoms with van der Waals surface area (Å²) in [5, 5.41) is 0. The lowest BCUT2D eigenvalue weighted by Gasteiger charge is -2.00. The number of aryl methyl sites for hydroxylation is 1. The second-order valence-corrected chi connectivity index (χ2v) is 4.95. The van der Waals surface area contributed by atoms with Gasteiger partial charge in [0.1, 0.15) is 0 Å². The molecule has 0 heterocycles. The molecule has 0 unspecified atom stereocenters. The van der Waals surface area contributed by atoms with E-state index in [1.165, 1.54) is 7.11 Å². The maximum atomic E-state index is 11.1. The van der Waals surface area contributed by atoms with Crippen LogP contribution in [0.4, 0.5) is 0 Å². The lowest BCUT2D eigenvalue weighted by molar-refractivity contribution is 0.0600. The van der Waals surface area contributed by atoms with Gasteiger partial charge in [0.2, 0.25) is 0 Å². The molecule has 0 aliphatic carbocycles. The minimum Gasteiger partial charge on any atom is -0.465 e. The summed E-state index contributed by atoms with van der Waals surface area (Å²) in [6.45, 7) is 2.05. The molecule has 0 aliphatic heterocycles. The first-order valence-corrected chi connectivity index (χ1v) is 6.88. The molecule has 0 saturated heterocycles. The van der Waals surface area contributed by atoms with E-state index >= 15 is 0 Å². The maximum Gasteiger partial charge on any atom is 0.353 e. The SMILES string of the molecule is CCc1cccc(C(=O)OC)c1.O=S(=O)(O)Cl. The number of rotatable bonds is 2. The molecule has 0 aliphatic rings. The van der Waals surface area contributed by atoms with E-state index in [0.717, 1.165) is 12.0 Å². The Morgan fingerprint density at radius 1 is 1.47 bits per heavy atom. The predicted molar refractivity (Wildman–Crippen MR) is 64.6 cm³/mol. The summed E-state index contributed by atoms with van der Waals surface area (Å²) in [6, 6.07) is 7.47. The zero-order valence-corrected chi connectivity index (χ0v) is 11.0. The third-order valence-electron chi connectivity index (χ3n) is 1.76. The highest BCUT2D eigenvalue weighted by Crippen LogP contribution is 2.06. The highest BCUT2D eigenvalue weighted by atomic mass is 35.7. The molecule has 0 aromatic heterocycles. The van der Waals surface area contributed by atoms with Crippen LogP contribution in [0.3, 0.4) is 0 Å². The van der Waals surface area contributed by atoms with Crippen LogP contribution in [-0.4, -0.2) is 26.0 Å². The molecule has 17 heavy (non-hydrogen) atoms. The van der Waals surface area contributed by atoms with E-state index in [2.05, 4.69) is 22.3 Å². The van der Waals surface area contributed by atoms with Crippen molar-refractivity contribution in [1.82, 2.24) is 0 Å². The first-order valence-electron chi connectivity index (χ1n) is 4.62. The van der Waals surface area contributed by atoms with Gasteiger partial charge in [-0.1, -0.05) is 19.1 Å². The summed E-state index contributed by atoms with van der Waals surface area (Å²) in [5.74, 6) is -0.273. The van der Waals surface area contributed by atoms with E-state index in [1.807, 2.05) is 18.2 Å². The van der Waals surface area contributed by atoms with Crippen LogP contribution in [0.5, 0.6) is 0 Å². The molecule has 0 saturated carbocycles. The normalized spacial score (nSPS) is 10.1. The quantitative estimate of drug-likeness (QED) is 0.509. The van der Waals surface area contributed by atoms with Crippen molar-refractivity contribution >= 4 is 26.0 Å². The van der Waals surface area contributed by atoms with Gasteiger partial charge in [0.05, 0.1) is 12.7 Å². The summed E-state index contributed by atoms with van der Waals surface area (Å²) in [4.78, 5) is 11.1. The summed E-state index contributed by atoms with van der Waals surface area (Å²) < 4.78 is 29.8. The van der Waals surface area contributed by atoms with Gasteiger partial charge in [-0.15, -0.1) is 0 Å². The Kier molecular flexibility index (Phi) is 6.79. The van der Waals surface area contributed by atoms with E-state index in [9.17, 15) is 4.79 Å². The molecule has 0 fully saturated rings. The molecular weight excluding hydrogens is 268 g/mol. The Labute approximate surface area is 105 Å². The summed E-state index contributed by atoms with van der Waals surface area (Å²) in [5.41, 5.74) is 1.77. The van der Waals surface area contributed by atoms with Crippen LogP contribution >= 0.6 is 10.7 Å². The number of carbonyl (C=O) groups is 1. The summed E-state index contributed by atoms with van der Waals surface area (Å²) >= 11 is 0. The fraction of sp³-hybridized carbons (Fsp3) is 0.300. The van der Waals surface area contributed by atoms with Crippen molar-refractivity contribution in [3.8, 4) is 0 Å². The van der Waals surface area contributed by atoms with Crippen LogP contribution < -0.4 is 0 Å². The fourth-order valence-corrected chi connectivity index (χ4v) is 1.04. The van der Waals surface area contributed by atoms with Gasteiger partial charge in [-0.25, -0.2) is 4.79 Å². The van der Waals surface area contributed by atoms with E-state index in [0.29, 0.717) is 5.56 Å². The van der Waals surface area contributed by atoms with Gasteiger partial charge in [0.25, 0.3) is 0 Å². The fourth-order valence-electron chi connectivity index (χ4n) is 1.04. The van der Waals surface area contributed by atoms with E-state index in [1.54, 1.807) is 6.07 Å². The number of hydrogen-bond acceptors (Lipinski definition) is 4. The van der Waals surface area contributed by atoms with Crippen LogP contribution in [-0.2, 0) is 20.5 Å². The number of halogens is 1. The highest BCUT2D eigenvalue weighted by Gasteiger charge is 2.03. The number of methoxy groups -OCH3 is 1. The van der Waals surface area contributed by atoms with Crippen LogP contribution in [0.15, 0.2) is 24.3 Å². The number of benzene rings is 1. The van der Waals surface area contributed by atoms with Crippen molar-refractivity contribution in [2.24, 2.45) is 0 Å². The van der Waals surface area contributed by atoms with E-state index in [-0.39, 0.29) is 5.97 Å². The highest BCUT2D eigenvalue weighted by molar-refractivity contribution is 8.09. The van der Waals surface area contributed by atoms with Crippen molar-refractivity contribution in [2.75, 3.05) is 7.11 Å². The minimum absolute atomic E-state index is 0.273. The molecular formula is C10H13ClO5S. The minimum atomic E-state index is -4.19. The molecule has 0 radical (unpaired) electrons. The molecule has 1 N–H and O–H groups in total. The third kappa shape index (κ3) is 8.67. The van der Waals surface area contributed by atoms with Crippen LogP contribution in [0, 0.1) is 0 Å². The van der Waals surface area contributed by atoms with Gasteiger partial charge in [-0.2, -0.15) is 8.42 Å². The molecule has 0 atom stereocenters. The molecule has 96 valence electrons. The van der Waals surface area contributed by atoms with Gasteiger partial charge in [-0.3, -0.25) is 4.55 Å². The largest absolute Gasteiger partial charge is 0.465 e. The van der Waals surface area contributed by atoms with Crippen molar-refractivity contribution in [2.45, 2.75) is 13.3 Å². The van der Waals surface area contributed by atoms with Crippen LogP contribution in [0.1, 0.15) is 22.8 Å². The summed E-state index contributed by atoms with van der Waals surface area (Å²) in [6.07, 6.45) is 0.935. The van der Waals surface area contributed by atoms with Crippen LogP contribution in [0.2, 0.25) is 0 Å². The first-order chi connectivity index (χ1) is 7.77. The zero-order valence-electron chi connectivity index (χ0n) is 9.38. The number of ether oxygens (including phenoxy) is 1. The molecule has 1 aromatic carbocycles. The van der Waals surface area contributed by atoms with Gasteiger partial charge >= 0.3 is 15.3 Å². The maximum absolute atomic E-state index is 11.1. The lowest BCUT2D eigenvalue weighted by atomic mass is 10.1. The Balaban J connectivity index is 0.000000437. The molecule has 1 aromatic rings. The summed E-state index contributed by atoms with van der Waals surface area (Å²) in [7, 11) is 1.25. The second-order valence-electron chi connectivity index (χ2n) is 2.96. The topological polar surface area (TPSA) is 80.7 Å². The Morgan fingerprint density at radius 2 is 2.00 bits per heavy atom. The lowest BCUT2D eigenvalue weighted by Crippen LogP contribution is -2.01. The Hall–Kier alpha value is -1.11. The van der Waals surface area contributed by atoms with Crippen LogP contribution in [0.25, 0.3) is 0 Å². The van der Waals surface area contributed by atoms with Crippen molar-refractivity contribution < 1.29 is 22.5 Å². The Bertz CT molecular complexity index is 461. The van der Waals surface area contributed by atoms with Gasteiger partial charge in [-0.05, 0) is 24.1 Å². The molecule has 0 bridgehead atoms. The number of carbonyl (C=O) groups excluding carboxylic acids is 1. The van der Waals surface area contributed by atoms with Crippen molar-refractivity contribution in [3.05, 3.63) is 35.4 Å². The number of hydrogen-bond donors (Lipinski definition) is 1. The van der Waals surface area contributed by atoms with E-state index in [4.69, 9.17) is 13.0 Å². The molecule has 0 amide bonds. The molecule has 0 spiro atoms. The zero-order chi connectivity index (χ0) is 13.5. The monoisotopic (exact) mass is 280 g/mol. The average Bonchev–Trinajstić information content (AvgIpc) is 2.26. The second kappa shape index (κ2) is 7.26. The standard InChI is InChI=1S/C10H12O2.ClHO3S/c1-3-8-5-4-6-9(7-8)10(11)12-2;1-5(2,3)4/h4-7H,3H2,1-2H3;(H,2,3,4). The predicted octanol–water partition coefficient (Wildman–Crippen LogP) is 2.06. The smallest absolute Gasteiger partial charge is 0.353 e. The van der Waals surface area contributed by atoms with Crippen molar-refractivity contribution in [3.63, 3.8) is 0 Å². The van der Waals surface area contributed by atoms with E-state index < -0.39 is 9.33 Å². The third-order valence-corrected chi connectivity index (χ3v) is 1.76. The average molecular weight is 281 g/mol. The first kappa shape index (κ1) is 15.9. The van der Waals surface area contributed by atoms with Gasteiger partial charge in [0, 0.05) is 10.7 Å². The van der Waals surface area contributed by atoms with Gasteiger partial charge < -0.3 is 4.74 Å². The Morgan fingerprint density at radius 3 is 2.41 bits per heavy atom. The molecule has 1 rings (SSSR count).